The topological polar surface area (TPSA) is 47.6 Å². The summed E-state index contributed by atoms with van der Waals surface area (Å²) in [6.45, 7) is 4.55. The monoisotopic (exact) mass is 451 g/mol. The Morgan fingerprint density at radius 3 is 2.48 bits per heavy atom. The molecule has 3 aromatic rings. The predicted molar refractivity (Wildman–Crippen MR) is 120 cm³/mol. The Balaban J connectivity index is 1.66. The molecule has 0 bridgehead atoms. The van der Waals surface area contributed by atoms with Crippen LogP contribution in [0.5, 0.6) is 11.5 Å². The Labute approximate surface area is 179 Å². The molecule has 148 valence electrons. The van der Waals surface area contributed by atoms with Gasteiger partial charge in [0.1, 0.15) is 18.1 Å². The van der Waals surface area contributed by atoms with Crippen LogP contribution in [0.4, 0.5) is 5.69 Å². The van der Waals surface area contributed by atoms with Crippen molar-refractivity contribution in [2.24, 2.45) is 0 Å². The molecule has 4 nitrogen and oxygen atoms in total. The van der Waals surface area contributed by atoms with Crippen LogP contribution in [0.1, 0.15) is 15.9 Å². The molecule has 1 N–H and O–H groups in total. The second kappa shape index (κ2) is 10.5. The van der Waals surface area contributed by atoms with Crippen LogP contribution < -0.4 is 14.8 Å². The first-order valence-electron chi connectivity index (χ1n) is 9.27. The molecule has 0 unspecified atom stereocenters. The highest BCUT2D eigenvalue weighted by Gasteiger charge is 2.14. The Morgan fingerprint density at radius 1 is 1.00 bits per heavy atom. The van der Waals surface area contributed by atoms with Gasteiger partial charge >= 0.3 is 0 Å². The highest BCUT2D eigenvalue weighted by molar-refractivity contribution is 9.10. The fourth-order valence-corrected chi connectivity index (χ4v) is 3.08. The third-order valence-electron chi connectivity index (χ3n) is 4.16. The molecule has 0 spiro atoms. The number of carbonyl (C=O) groups excluding carboxylic acids is 1. The lowest BCUT2D eigenvalue weighted by molar-refractivity contribution is 0.102. The molecule has 3 rings (SSSR count). The summed E-state index contributed by atoms with van der Waals surface area (Å²) in [5.74, 6) is 1.03. The molecule has 0 aliphatic rings. The van der Waals surface area contributed by atoms with E-state index in [2.05, 4.69) is 40.0 Å². The Bertz CT molecular complexity index is 956. The second-order valence-electron chi connectivity index (χ2n) is 6.30. The maximum absolute atomic E-state index is 12.8. The zero-order valence-corrected chi connectivity index (χ0v) is 17.5. The first-order chi connectivity index (χ1) is 14.2. The number of hydrogen-bond donors (Lipinski definition) is 1. The van der Waals surface area contributed by atoms with Crippen molar-refractivity contribution in [3.8, 4) is 11.5 Å². The van der Waals surface area contributed by atoms with Gasteiger partial charge in [0.2, 0.25) is 0 Å². The fourth-order valence-electron chi connectivity index (χ4n) is 2.72. The van der Waals surface area contributed by atoms with Crippen molar-refractivity contribution in [1.82, 2.24) is 0 Å². The number of nitrogens with one attached hydrogen (secondary N) is 1. The molecule has 29 heavy (non-hydrogen) atoms. The molecule has 5 heteroatoms. The van der Waals surface area contributed by atoms with Crippen LogP contribution >= 0.6 is 15.9 Å². The fraction of sp³-hybridized carbons (Fsp3) is 0.125. The summed E-state index contributed by atoms with van der Waals surface area (Å²) < 4.78 is 12.2. The number of benzene rings is 3. The number of ether oxygens (including phenoxy) is 2. The SMILES string of the molecule is C=CCOc1ccc(NC(=O)c2cc(Br)ccc2OCCc2ccccc2)cc1. The van der Waals surface area contributed by atoms with Gasteiger partial charge in [-0.05, 0) is 48.0 Å². The van der Waals surface area contributed by atoms with Crippen molar-refractivity contribution in [3.05, 3.63) is 101 Å². The summed E-state index contributed by atoms with van der Waals surface area (Å²) in [6, 6.07) is 22.7. The van der Waals surface area contributed by atoms with E-state index >= 15 is 0 Å². The minimum Gasteiger partial charge on any atom is -0.492 e. The van der Waals surface area contributed by atoms with Gasteiger partial charge in [-0.25, -0.2) is 0 Å². The van der Waals surface area contributed by atoms with E-state index in [1.165, 1.54) is 5.56 Å². The molecular formula is C24H22BrNO3. The molecule has 1 amide bonds. The van der Waals surface area contributed by atoms with Crippen LogP contribution in [0.2, 0.25) is 0 Å². The molecule has 0 atom stereocenters. The van der Waals surface area contributed by atoms with Crippen LogP contribution in [0.3, 0.4) is 0 Å². The van der Waals surface area contributed by atoms with E-state index < -0.39 is 0 Å². The summed E-state index contributed by atoms with van der Waals surface area (Å²) in [6.07, 6.45) is 2.45. The summed E-state index contributed by atoms with van der Waals surface area (Å²) in [4.78, 5) is 12.8. The largest absolute Gasteiger partial charge is 0.492 e. The number of halogens is 1. The zero-order valence-electron chi connectivity index (χ0n) is 15.9. The summed E-state index contributed by atoms with van der Waals surface area (Å²) in [5.41, 5.74) is 2.34. The molecular weight excluding hydrogens is 430 g/mol. The number of carbonyl (C=O) groups is 1. The Kier molecular flexibility index (Phi) is 7.47. The molecule has 0 aliphatic carbocycles. The average molecular weight is 452 g/mol. The summed E-state index contributed by atoms with van der Waals surface area (Å²) >= 11 is 3.43. The zero-order chi connectivity index (χ0) is 20.5. The lowest BCUT2D eigenvalue weighted by Crippen LogP contribution is -2.14. The molecule has 0 saturated carbocycles. The van der Waals surface area contributed by atoms with E-state index in [-0.39, 0.29) is 5.91 Å². The number of anilines is 1. The van der Waals surface area contributed by atoms with E-state index in [0.29, 0.717) is 30.2 Å². The van der Waals surface area contributed by atoms with Gasteiger partial charge in [0.15, 0.2) is 0 Å². The maximum Gasteiger partial charge on any atom is 0.259 e. The van der Waals surface area contributed by atoms with Crippen molar-refractivity contribution in [2.75, 3.05) is 18.5 Å². The van der Waals surface area contributed by atoms with Gasteiger partial charge in [-0.3, -0.25) is 4.79 Å². The average Bonchev–Trinajstić information content (AvgIpc) is 2.75. The lowest BCUT2D eigenvalue weighted by atomic mass is 10.1. The molecule has 0 aromatic heterocycles. The van der Waals surface area contributed by atoms with E-state index in [4.69, 9.17) is 9.47 Å². The molecule has 0 fully saturated rings. The van der Waals surface area contributed by atoms with Gasteiger partial charge in [0.05, 0.1) is 12.2 Å². The van der Waals surface area contributed by atoms with Gasteiger partial charge in [0.25, 0.3) is 5.91 Å². The van der Waals surface area contributed by atoms with Crippen molar-refractivity contribution in [1.29, 1.82) is 0 Å². The standard InChI is InChI=1S/C24H22BrNO3/c1-2-15-28-21-11-9-20(10-12-21)26-24(27)22-17-19(25)8-13-23(22)29-16-14-18-6-4-3-5-7-18/h2-13,17H,1,14-16H2,(H,26,27). The first kappa shape index (κ1) is 20.7. The van der Waals surface area contributed by atoms with Crippen molar-refractivity contribution < 1.29 is 14.3 Å². The lowest BCUT2D eigenvalue weighted by Gasteiger charge is -2.13. The molecule has 3 aromatic carbocycles. The van der Waals surface area contributed by atoms with Crippen molar-refractivity contribution in [3.63, 3.8) is 0 Å². The smallest absolute Gasteiger partial charge is 0.259 e. The normalized spacial score (nSPS) is 10.2. The Hall–Kier alpha value is -3.05. The van der Waals surface area contributed by atoms with Gasteiger partial charge in [-0.15, -0.1) is 0 Å². The molecule has 0 radical (unpaired) electrons. The minimum atomic E-state index is -0.235. The van der Waals surface area contributed by atoms with Gasteiger partial charge < -0.3 is 14.8 Å². The van der Waals surface area contributed by atoms with E-state index in [0.717, 1.165) is 16.6 Å². The predicted octanol–water partition coefficient (Wildman–Crippen LogP) is 5.89. The quantitative estimate of drug-likeness (QED) is 0.412. The molecule has 0 aliphatic heterocycles. The minimum absolute atomic E-state index is 0.235. The van der Waals surface area contributed by atoms with Crippen LogP contribution in [0.15, 0.2) is 89.9 Å². The highest BCUT2D eigenvalue weighted by Crippen LogP contribution is 2.25. The van der Waals surface area contributed by atoms with Crippen LogP contribution in [-0.4, -0.2) is 19.1 Å². The maximum atomic E-state index is 12.8. The van der Waals surface area contributed by atoms with Gasteiger partial charge in [-0.2, -0.15) is 0 Å². The number of hydrogen-bond acceptors (Lipinski definition) is 3. The third kappa shape index (κ3) is 6.22. The van der Waals surface area contributed by atoms with E-state index in [9.17, 15) is 4.79 Å². The summed E-state index contributed by atoms with van der Waals surface area (Å²) in [7, 11) is 0. The molecule has 0 heterocycles. The van der Waals surface area contributed by atoms with Crippen LogP contribution in [0, 0.1) is 0 Å². The Morgan fingerprint density at radius 2 is 1.76 bits per heavy atom. The third-order valence-corrected chi connectivity index (χ3v) is 4.65. The number of rotatable bonds is 9. The summed E-state index contributed by atoms with van der Waals surface area (Å²) in [5, 5.41) is 2.90. The van der Waals surface area contributed by atoms with Crippen LogP contribution in [0.25, 0.3) is 0 Å². The van der Waals surface area contributed by atoms with Crippen molar-refractivity contribution >= 4 is 27.5 Å². The highest BCUT2D eigenvalue weighted by atomic mass is 79.9. The van der Waals surface area contributed by atoms with Crippen LogP contribution in [-0.2, 0) is 6.42 Å². The van der Waals surface area contributed by atoms with E-state index in [1.54, 1.807) is 42.5 Å². The molecule has 0 saturated heterocycles. The van der Waals surface area contributed by atoms with Gasteiger partial charge in [0, 0.05) is 16.6 Å². The van der Waals surface area contributed by atoms with Gasteiger partial charge in [-0.1, -0.05) is 58.9 Å². The number of amides is 1. The van der Waals surface area contributed by atoms with Crippen molar-refractivity contribution in [2.45, 2.75) is 6.42 Å². The second-order valence-corrected chi connectivity index (χ2v) is 7.22. The first-order valence-corrected chi connectivity index (χ1v) is 10.1. The van der Waals surface area contributed by atoms with E-state index in [1.807, 2.05) is 24.3 Å².